The Morgan fingerprint density at radius 2 is 1.86 bits per heavy atom. The number of rotatable bonds is 2. The lowest BCUT2D eigenvalue weighted by Gasteiger charge is -2.34. The van der Waals surface area contributed by atoms with Gasteiger partial charge in [0.1, 0.15) is 11.7 Å². The molecule has 6 nitrogen and oxygen atoms in total. The Hall–Kier alpha value is -1.30. The second-order valence-corrected chi connectivity index (χ2v) is 6.75. The molecular formula is C15H26N2O4. The van der Waals surface area contributed by atoms with Gasteiger partial charge >= 0.3 is 6.09 Å². The summed E-state index contributed by atoms with van der Waals surface area (Å²) in [4.78, 5) is 25.6. The minimum absolute atomic E-state index is 0.0109. The molecule has 1 N–H and O–H groups in total. The van der Waals surface area contributed by atoms with Gasteiger partial charge in [-0.15, -0.1) is 0 Å². The van der Waals surface area contributed by atoms with E-state index in [2.05, 4.69) is 5.32 Å². The maximum absolute atomic E-state index is 12.0. The van der Waals surface area contributed by atoms with Gasteiger partial charge < -0.3 is 19.7 Å². The van der Waals surface area contributed by atoms with Crippen LogP contribution in [0, 0.1) is 0 Å². The zero-order valence-electron chi connectivity index (χ0n) is 13.2. The quantitative estimate of drug-likeness (QED) is 0.842. The molecule has 120 valence electrons. The van der Waals surface area contributed by atoms with Gasteiger partial charge in [-0.05, 0) is 46.5 Å². The Bertz CT molecular complexity index is 378. The number of nitrogens with zero attached hydrogens (tertiary/aromatic N) is 1. The predicted octanol–water partition coefficient (Wildman–Crippen LogP) is 1.68. The summed E-state index contributed by atoms with van der Waals surface area (Å²) in [6, 6.07) is 0.125. The van der Waals surface area contributed by atoms with Crippen molar-refractivity contribution in [2.24, 2.45) is 0 Å². The zero-order valence-corrected chi connectivity index (χ0v) is 13.2. The van der Waals surface area contributed by atoms with Crippen LogP contribution in [0.15, 0.2) is 0 Å². The first-order valence-electron chi connectivity index (χ1n) is 7.75. The average molecular weight is 298 g/mol. The minimum Gasteiger partial charge on any atom is -0.444 e. The van der Waals surface area contributed by atoms with Gasteiger partial charge in [-0.3, -0.25) is 4.79 Å². The van der Waals surface area contributed by atoms with E-state index < -0.39 is 5.60 Å². The molecule has 0 unspecified atom stereocenters. The molecule has 2 amide bonds. The monoisotopic (exact) mass is 298 g/mol. The summed E-state index contributed by atoms with van der Waals surface area (Å²) < 4.78 is 10.7. The molecule has 2 aliphatic rings. The third-order valence-corrected chi connectivity index (χ3v) is 3.72. The predicted molar refractivity (Wildman–Crippen MR) is 77.9 cm³/mol. The van der Waals surface area contributed by atoms with Crippen molar-refractivity contribution in [2.45, 2.75) is 64.2 Å². The Labute approximate surface area is 126 Å². The van der Waals surface area contributed by atoms with Crippen molar-refractivity contribution >= 4 is 12.0 Å². The Balaban J connectivity index is 1.72. The summed E-state index contributed by atoms with van der Waals surface area (Å²) >= 11 is 0. The second kappa shape index (κ2) is 6.64. The van der Waals surface area contributed by atoms with Crippen LogP contribution >= 0.6 is 0 Å². The molecule has 2 heterocycles. The van der Waals surface area contributed by atoms with Crippen molar-refractivity contribution in [1.29, 1.82) is 0 Å². The molecule has 0 spiro atoms. The lowest BCUT2D eigenvalue weighted by atomic mass is 10.0. The van der Waals surface area contributed by atoms with Crippen LogP contribution in [-0.2, 0) is 14.3 Å². The van der Waals surface area contributed by atoms with Gasteiger partial charge in [0.05, 0.1) is 0 Å². The van der Waals surface area contributed by atoms with Crippen molar-refractivity contribution < 1.29 is 19.1 Å². The number of ether oxygens (including phenoxy) is 2. The topological polar surface area (TPSA) is 67.9 Å². The number of nitrogens with one attached hydrogen (secondary N) is 1. The second-order valence-electron chi connectivity index (χ2n) is 6.75. The lowest BCUT2D eigenvalue weighted by molar-refractivity contribution is -0.131. The largest absolute Gasteiger partial charge is 0.444 e. The van der Waals surface area contributed by atoms with Crippen LogP contribution in [0.3, 0.4) is 0 Å². The van der Waals surface area contributed by atoms with Crippen LogP contribution in [0.25, 0.3) is 0 Å². The van der Waals surface area contributed by atoms with Crippen molar-refractivity contribution in [3.05, 3.63) is 0 Å². The molecule has 2 saturated heterocycles. The highest BCUT2D eigenvalue weighted by atomic mass is 16.6. The van der Waals surface area contributed by atoms with Crippen LogP contribution in [0.5, 0.6) is 0 Å². The van der Waals surface area contributed by atoms with Gasteiger partial charge in [-0.1, -0.05) is 0 Å². The maximum Gasteiger partial charge on any atom is 0.410 e. The van der Waals surface area contributed by atoms with Crippen LogP contribution in [0.1, 0.15) is 46.5 Å². The highest BCUT2D eigenvalue weighted by Gasteiger charge is 2.30. The van der Waals surface area contributed by atoms with E-state index >= 15 is 0 Å². The van der Waals surface area contributed by atoms with Crippen molar-refractivity contribution in [3.8, 4) is 0 Å². The van der Waals surface area contributed by atoms with E-state index in [4.69, 9.17) is 9.47 Å². The molecule has 2 fully saturated rings. The van der Waals surface area contributed by atoms with E-state index in [9.17, 15) is 9.59 Å². The van der Waals surface area contributed by atoms with E-state index in [1.54, 1.807) is 4.90 Å². The van der Waals surface area contributed by atoms with Crippen molar-refractivity contribution in [3.63, 3.8) is 0 Å². The standard InChI is InChI=1S/C15H26N2O4/c1-15(2,3)21-14(19)17-8-6-11(7-9-17)16-13(18)12-5-4-10-20-12/h11-12H,4-10H2,1-3H3,(H,16,18)/t12-/m0/s1. The highest BCUT2D eigenvalue weighted by molar-refractivity contribution is 5.81. The molecular weight excluding hydrogens is 272 g/mol. The van der Waals surface area contributed by atoms with Gasteiger partial charge in [0, 0.05) is 25.7 Å². The Morgan fingerprint density at radius 3 is 2.38 bits per heavy atom. The number of hydrogen-bond acceptors (Lipinski definition) is 4. The number of hydrogen-bond donors (Lipinski definition) is 1. The molecule has 0 aliphatic carbocycles. The van der Waals surface area contributed by atoms with Gasteiger partial charge in [-0.25, -0.2) is 4.79 Å². The summed E-state index contributed by atoms with van der Waals surface area (Å²) in [5, 5.41) is 3.03. The summed E-state index contributed by atoms with van der Waals surface area (Å²) in [5.41, 5.74) is -0.470. The smallest absolute Gasteiger partial charge is 0.410 e. The van der Waals surface area contributed by atoms with Crippen molar-refractivity contribution in [2.75, 3.05) is 19.7 Å². The van der Waals surface area contributed by atoms with Crippen LogP contribution in [-0.4, -0.2) is 54.3 Å². The molecule has 2 aliphatic heterocycles. The molecule has 0 saturated carbocycles. The first kappa shape index (κ1) is 16.1. The average Bonchev–Trinajstić information content (AvgIpc) is 2.91. The highest BCUT2D eigenvalue weighted by Crippen LogP contribution is 2.17. The Morgan fingerprint density at radius 1 is 1.19 bits per heavy atom. The summed E-state index contributed by atoms with van der Waals surface area (Å²) in [6.45, 7) is 7.49. The molecule has 0 bridgehead atoms. The molecule has 0 aromatic heterocycles. The number of piperidine rings is 1. The molecule has 0 radical (unpaired) electrons. The van der Waals surface area contributed by atoms with E-state index in [1.165, 1.54) is 0 Å². The molecule has 0 aromatic rings. The van der Waals surface area contributed by atoms with Crippen LogP contribution < -0.4 is 5.32 Å². The third kappa shape index (κ3) is 4.88. The number of amides is 2. The third-order valence-electron chi connectivity index (χ3n) is 3.72. The molecule has 1 atom stereocenters. The fourth-order valence-corrected chi connectivity index (χ4v) is 2.61. The molecule has 2 rings (SSSR count). The first-order chi connectivity index (χ1) is 9.85. The normalized spacial score (nSPS) is 24.0. The Kier molecular flexibility index (Phi) is 5.08. The first-order valence-corrected chi connectivity index (χ1v) is 7.75. The molecule has 21 heavy (non-hydrogen) atoms. The minimum atomic E-state index is -0.470. The van der Waals surface area contributed by atoms with E-state index in [-0.39, 0.29) is 24.1 Å². The van der Waals surface area contributed by atoms with Gasteiger partial charge in [0.25, 0.3) is 0 Å². The fraction of sp³-hybridized carbons (Fsp3) is 0.867. The number of carbonyl (C=O) groups excluding carboxylic acids is 2. The fourth-order valence-electron chi connectivity index (χ4n) is 2.61. The zero-order chi connectivity index (χ0) is 15.5. The SMILES string of the molecule is CC(C)(C)OC(=O)N1CCC(NC(=O)[C@@H]2CCCO2)CC1. The van der Waals surface area contributed by atoms with Gasteiger partial charge in [0.15, 0.2) is 0 Å². The summed E-state index contributed by atoms with van der Waals surface area (Å²) in [5.74, 6) is -0.0109. The van der Waals surface area contributed by atoms with Crippen LogP contribution in [0.4, 0.5) is 4.79 Å². The van der Waals surface area contributed by atoms with Gasteiger partial charge in [-0.2, -0.15) is 0 Å². The number of likely N-dealkylation sites (tertiary alicyclic amines) is 1. The van der Waals surface area contributed by atoms with Gasteiger partial charge in [0.2, 0.25) is 5.91 Å². The van der Waals surface area contributed by atoms with E-state index in [0.29, 0.717) is 19.7 Å². The van der Waals surface area contributed by atoms with E-state index in [0.717, 1.165) is 25.7 Å². The van der Waals surface area contributed by atoms with Crippen molar-refractivity contribution in [1.82, 2.24) is 10.2 Å². The summed E-state index contributed by atoms with van der Waals surface area (Å²) in [6.07, 6.45) is 2.73. The number of carbonyl (C=O) groups is 2. The molecule has 0 aromatic carbocycles. The maximum atomic E-state index is 12.0. The molecule has 6 heteroatoms. The summed E-state index contributed by atoms with van der Waals surface area (Å²) in [7, 11) is 0. The lowest BCUT2D eigenvalue weighted by Crippen LogP contribution is -2.49. The van der Waals surface area contributed by atoms with Crippen LogP contribution in [0.2, 0.25) is 0 Å². The van der Waals surface area contributed by atoms with E-state index in [1.807, 2.05) is 20.8 Å².